The van der Waals surface area contributed by atoms with Crippen LogP contribution in [0.3, 0.4) is 0 Å². The van der Waals surface area contributed by atoms with Crippen molar-refractivity contribution in [1.82, 2.24) is 9.88 Å². The summed E-state index contributed by atoms with van der Waals surface area (Å²) in [6.07, 6.45) is 0.718. The largest absolute Gasteiger partial charge is 0.488 e. The van der Waals surface area contributed by atoms with Gasteiger partial charge in [-0.25, -0.2) is 4.79 Å². The molecule has 2 N–H and O–H groups in total. The number of aromatic nitrogens is 1. The number of carbonyl (C=O) groups excluding carboxylic acids is 1. The maximum atomic E-state index is 12.6. The minimum absolute atomic E-state index is 0.0705. The number of fused-ring (bicyclic) bond motifs is 2. The lowest BCUT2D eigenvalue weighted by atomic mass is 10.1. The molecule has 0 spiro atoms. The number of nitrogens with one attached hydrogen (secondary N) is 2. The Morgan fingerprint density at radius 2 is 2.15 bits per heavy atom. The highest BCUT2D eigenvalue weighted by atomic mass is 32.1. The van der Waals surface area contributed by atoms with E-state index in [1.165, 1.54) is 5.56 Å². The number of anilines is 1. The molecule has 0 bridgehead atoms. The number of likely N-dealkylation sites (N-methyl/N-ethyl adjacent to an activating group) is 1. The molecule has 7 heteroatoms. The topological polar surface area (TPSA) is 74.4 Å². The highest BCUT2D eigenvalue weighted by molar-refractivity contribution is 7.16. The Morgan fingerprint density at radius 1 is 1.35 bits per heavy atom. The van der Waals surface area contributed by atoms with Crippen LogP contribution in [-0.4, -0.2) is 35.1 Å². The Hall–Kier alpha value is -2.80. The summed E-state index contributed by atoms with van der Waals surface area (Å²) in [6.45, 7) is 1.98. The summed E-state index contributed by atoms with van der Waals surface area (Å²) in [6, 6.07) is 13.0. The van der Waals surface area contributed by atoms with Crippen LogP contribution < -0.4 is 14.9 Å². The molecule has 1 aromatic heterocycles. The first kappa shape index (κ1) is 16.7. The van der Waals surface area contributed by atoms with Crippen LogP contribution in [0, 0.1) is 0 Å². The molecule has 4 rings (SSSR count). The molecule has 3 aromatic rings. The Bertz CT molecular complexity index is 1000. The van der Waals surface area contributed by atoms with Crippen molar-refractivity contribution < 1.29 is 9.53 Å². The van der Waals surface area contributed by atoms with Crippen molar-refractivity contribution in [3.8, 4) is 5.75 Å². The van der Waals surface area contributed by atoms with E-state index in [4.69, 9.17) is 4.74 Å². The molecule has 0 saturated carbocycles. The minimum Gasteiger partial charge on any atom is -0.488 e. The fourth-order valence-electron chi connectivity index (χ4n) is 3.15. The second kappa shape index (κ2) is 6.49. The van der Waals surface area contributed by atoms with Crippen LogP contribution >= 0.6 is 11.3 Å². The average Bonchev–Trinajstić information content (AvgIpc) is 3.22. The third kappa shape index (κ3) is 3.06. The van der Waals surface area contributed by atoms with Crippen molar-refractivity contribution in [3.05, 3.63) is 57.7 Å². The number of hydrogen-bond acceptors (Lipinski definition) is 4. The average molecular weight is 369 g/mol. The lowest BCUT2D eigenvalue weighted by Crippen LogP contribution is -2.46. The van der Waals surface area contributed by atoms with E-state index >= 15 is 0 Å². The number of ether oxygens (including phenoxy) is 1. The molecular formula is C19H19N3O3S. The van der Waals surface area contributed by atoms with Crippen LogP contribution in [0.1, 0.15) is 12.5 Å². The molecule has 1 aliphatic rings. The van der Waals surface area contributed by atoms with Gasteiger partial charge < -0.3 is 19.9 Å². The molecule has 2 unspecified atom stereocenters. The number of thiazole rings is 1. The highest BCUT2D eigenvalue weighted by Crippen LogP contribution is 2.30. The van der Waals surface area contributed by atoms with E-state index in [0.717, 1.165) is 33.7 Å². The number of urea groups is 1. The van der Waals surface area contributed by atoms with E-state index in [0.29, 0.717) is 5.69 Å². The van der Waals surface area contributed by atoms with Gasteiger partial charge in [0.05, 0.1) is 16.3 Å². The van der Waals surface area contributed by atoms with E-state index < -0.39 is 0 Å². The molecule has 1 aliphatic heterocycles. The van der Waals surface area contributed by atoms with E-state index in [-0.39, 0.29) is 23.0 Å². The Balaban J connectivity index is 1.44. The van der Waals surface area contributed by atoms with Crippen molar-refractivity contribution in [3.63, 3.8) is 0 Å². The lowest BCUT2D eigenvalue weighted by Gasteiger charge is -2.29. The lowest BCUT2D eigenvalue weighted by molar-refractivity contribution is 0.125. The molecule has 0 saturated heterocycles. The van der Waals surface area contributed by atoms with Crippen LogP contribution in [0.15, 0.2) is 47.3 Å². The zero-order chi connectivity index (χ0) is 18.3. The van der Waals surface area contributed by atoms with Gasteiger partial charge in [0, 0.05) is 19.2 Å². The third-order valence-corrected chi connectivity index (χ3v) is 5.67. The monoisotopic (exact) mass is 369 g/mol. The van der Waals surface area contributed by atoms with Gasteiger partial charge in [-0.1, -0.05) is 29.5 Å². The predicted molar refractivity (Wildman–Crippen MR) is 103 cm³/mol. The number of benzene rings is 2. The molecule has 2 atom stereocenters. The molecule has 0 radical (unpaired) electrons. The Kier molecular flexibility index (Phi) is 4.16. The van der Waals surface area contributed by atoms with E-state index in [9.17, 15) is 9.59 Å². The zero-order valence-electron chi connectivity index (χ0n) is 14.5. The molecule has 26 heavy (non-hydrogen) atoms. The zero-order valence-corrected chi connectivity index (χ0v) is 15.3. The smallest absolute Gasteiger partial charge is 0.321 e. The number of para-hydroxylation sites is 1. The number of rotatable bonds is 3. The summed E-state index contributed by atoms with van der Waals surface area (Å²) in [5.74, 6) is 0.894. The quantitative estimate of drug-likeness (QED) is 0.743. The molecule has 2 amide bonds. The van der Waals surface area contributed by atoms with Crippen molar-refractivity contribution in [1.29, 1.82) is 0 Å². The summed E-state index contributed by atoms with van der Waals surface area (Å²) in [5.41, 5.74) is 2.54. The summed E-state index contributed by atoms with van der Waals surface area (Å²) < 4.78 is 6.86. The molecule has 6 nitrogen and oxygen atoms in total. The second-order valence-corrected chi connectivity index (χ2v) is 7.49. The standard InChI is InChI=1S/C19H19N3O3S/c1-11(16-9-12-5-3-4-6-15(12)25-16)22(2)18(23)20-13-7-8-17-14(10-13)21-19(24)26-17/h3-8,10-11,16H,9H2,1-2H3,(H,20,23)(H,21,24). The van der Waals surface area contributed by atoms with Crippen LogP contribution in [-0.2, 0) is 6.42 Å². The van der Waals surface area contributed by atoms with E-state index in [2.05, 4.69) is 16.4 Å². The maximum absolute atomic E-state index is 12.6. The summed E-state index contributed by atoms with van der Waals surface area (Å²) >= 11 is 1.15. The number of aromatic amines is 1. The number of H-pyrrole nitrogens is 1. The van der Waals surface area contributed by atoms with Gasteiger partial charge in [0.15, 0.2) is 0 Å². The van der Waals surface area contributed by atoms with Crippen LogP contribution in [0.5, 0.6) is 5.75 Å². The SMILES string of the molecule is CC(C1Cc2ccccc2O1)N(C)C(=O)Nc1ccc2sc(=O)[nH]c2c1. The van der Waals surface area contributed by atoms with Crippen LogP contribution in [0.4, 0.5) is 10.5 Å². The summed E-state index contributed by atoms with van der Waals surface area (Å²) in [7, 11) is 1.76. The second-order valence-electron chi connectivity index (χ2n) is 6.48. The first-order valence-corrected chi connectivity index (χ1v) is 9.24. The molecule has 2 aromatic carbocycles. The van der Waals surface area contributed by atoms with Crippen LogP contribution in [0.25, 0.3) is 10.2 Å². The van der Waals surface area contributed by atoms with Crippen molar-refractivity contribution in [2.75, 3.05) is 12.4 Å². The number of hydrogen-bond donors (Lipinski definition) is 2. The van der Waals surface area contributed by atoms with Gasteiger partial charge in [-0.2, -0.15) is 0 Å². The van der Waals surface area contributed by atoms with Crippen molar-refractivity contribution in [2.45, 2.75) is 25.5 Å². The fourth-order valence-corrected chi connectivity index (χ4v) is 3.87. The van der Waals surface area contributed by atoms with Crippen molar-refractivity contribution >= 4 is 33.3 Å². The predicted octanol–water partition coefficient (Wildman–Crippen LogP) is 3.45. The van der Waals surface area contributed by atoms with Gasteiger partial charge in [0.2, 0.25) is 0 Å². The molecular weight excluding hydrogens is 350 g/mol. The first-order valence-electron chi connectivity index (χ1n) is 8.42. The van der Waals surface area contributed by atoms with Gasteiger partial charge in [0.1, 0.15) is 11.9 Å². The van der Waals surface area contributed by atoms with Gasteiger partial charge in [0.25, 0.3) is 0 Å². The van der Waals surface area contributed by atoms with Gasteiger partial charge in [-0.15, -0.1) is 0 Å². The number of amides is 2. The Morgan fingerprint density at radius 3 is 2.96 bits per heavy atom. The molecule has 134 valence electrons. The van der Waals surface area contributed by atoms with Gasteiger partial charge in [-0.05, 0) is 36.8 Å². The van der Waals surface area contributed by atoms with Crippen molar-refractivity contribution in [2.24, 2.45) is 0 Å². The highest BCUT2D eigenvalue weighted by Gasteiger charge is 2.31. The van der Waals surface area contributed by atoms with Crippen LogP contribution in [0.2, 0.25) is 0 Å². The molecule has 0 aliphatic carbocycles. The molecule has 0 fully saturated rings. The summed E-state index contributed by atoms with van der Waals surface area (Å²) in [4.78, 5) is 28.3. The summed E-state index contributed by atoms with van der Waals surface area (Å²) in [5, 5.41) is 2.88. The normalized spacial score (nSPS) is 16.8. The number of nitrogens with zero attached hydrogens (tertiary/aromatic N) is 1. The van der Waals surface area contributed by atoms with Gasteiger partial charge >= 0.3 is 10.9 Å². The van der Waals surface area contributed by atoms with Gasteiger partial charge in [-0.3, -0.25) is 4.79 Å². The maximum Gasteiger partial charge on any atom is 0.321 e. The van der Waals surface area contributed by atoms with E-state index in [1.807, 2.05) is 31.2 Å². The van der Waals surface area contributed by atoms with E-state index in [1.54, 1.807) is 24.1 Å². The number of carbonyl (C=O) groups is 1. The minimum atomic E-state index is -0.214. The first-order chi connectivity index (χ1) is 12.5. The Labute approximate surface area is 154 Å². The third-order valence-electron chi connectivity index (χ3n) is 4.81. The molecule has 2 heterocycles. The fraction of sp³-hybridized carbons (Fsp3) is 0.263.